The van der Waals surface area contributed by atoms with Crippen LogP contribution in [-0.4, -0.2) is 39.3 Å². The maximum atomic E-state index is 13.0. The highest BCUT2D eigenvalue weighted by atomic mass is 31.2. The molecule has 0 aliphatic carbocycles. The van der Waals surface area contributed by atoms with E-state index >= 15 is 0 Å². The largest absolute Gasteiger partial charge is 0.330 e. The van der Waals surface area contributed by atoms with Crippen molar-refractivity contribution in [1.29, 1.82) is 0 Å². The van der Waals surface area contributed by atoms with E-state index in [1.165, 1.54) is 7.11 Å². The molecule has 0 aromatic rings. The van der Waals surface area contributed by atoms with Gasteiger partial charge in [0.15, 0.2) is 0 Å². The van der Waals surface area contributed by atoms with Crippen molar-refractivity contribution in [2.45, 2.75) is 59.8 Å². The van der Waals surface area contributed by atoms with E-state index in [1.807, 2.05) is 13.8 Å². The highest BCUT2D eigenvalue weighted by Gasteiger charge is 2.34. The van der Waals surface area contributed by atoms with Gasteiger partial charge in [0, 0.05) is 7.11 Å². The zero-order valence-corrected chi connectivity index (χ0v) is 17.8. The second-order valence-corrected chi connectivity index (χ2v) is 10.1. The number of rotatable bonds is 16. The predicted molar refractivity (Wildman–Crippen MR) is 99.1 cm³/mol. The normalized spacial score (nSPS) is 18.0. The maximum Gasteiger partial charge on any atom is 0.330 e. The quantitative estimate of drug-likeness (QED) is 0.250. The van der Waals surface area contributed by atoms with E-state index in [2.05, 4.69) is 6.92 Å². The van der Waals surface area contributed by atoms with Crippen molar-refractivity contribution in [3.63, 3.8) is 0 Å². The summed E-state index contributed by atoms with van der Waals surface area (Å²) in [5.74, 6) is -0.101. The van der Waals surface area contributed by atoms with E-state index in [9.17, 15) is 9.13 Å². The van der Waals surface area contributed by atoms with E-state index < -0.39 is 15.2 Å². The van der Waals surface area contributed by atoms with Gasteiger partial charge in [-0.15, -0.1) is 0 Å². The molecule has 0 fully saturated rings. The summed E-state index contributed by atoms with van der Waals surface area (Å²) in [6.07, 6.45) is 4.93. The van der Waals surface area contributed by atoms with Crippen molar-refractivity contribution < 1.29 is 27.2 Å². The van der Waals surface area contributed by atoms with Crippen LogP contribution in [0, 0.1) is 5.92 Å². The summed E-state index contributed by atoms with van der Waals surface area (Å²) in [7, 11) is -4.96. The highest BCUT2D eigenvalue weighted by Crippen LogP contribution is 2.55. The van der Waals surface area contributed by atoms with Gasteiger partial charge in [-0.25, -0.2) is 0 Å². The Labute approximate surface area is 148 Å². The van der Waals surface area contributed by atoms with Crippen LogP contribution in [0.4, 0.5) is 0 Å². The van der Waals surface area contributed by atoms with Crippen LogP contribution in [0.1, 0.15) is 59.8 Å². The highest BCUT2D eigenvalue weighted by molar-refractivity contribution is 7.55. The van der Waals surface area contributed by atoms with Crippen molar-refractivity contribution in [2.24, 2.45) is 5.92 Å². The van der Waals surface area contributed by atoms with Gasteiger partial charge in [0.2, 0.25) is 0 Å². The fraction of sp³-hybridized carbons (Fsp3) is 1.00. The van der Waals surface area contributed by atoms with E-state index in [0.29, 0.717) is 26.2 Å². The second-order valence-electron chi connectivity index (χ2n) is 5.84. The lowest BCUT2D eigenvalue weighted by Gasteiger charge is -2.25. The van der Waals surface area contributed by atoms with Gasteiger partial charge in [0.1, 0.15) is 0 Å². The van der Waals surface area contributed by atoms with Gasteiger partial charge in [0.25, 0.3) is 0 Å². The molecule has 6 nitrogen and oxygen atoms in total. The average Bonchev–Trinajstić information content (AvgIpc) is 2.57. The molecule has 24 heavy (non-hydrogen) atoms. The van der Waals surface area contributed by atoms with Gasteiger partial charge in [-0.05, 0) is 25.7 Å². The molecule has 8 heteroatoms. The molecule has 0 aromatic carbocycles. The average molecular weight is 386 g/mol. The van der Waals surface area contributed by atoms with Crippen molar-refractivity contribution in [2.75, 3.05) is 39.3 Å². The predicted octanol–water partition coefficient (Wildman–Crippen LogP) is 5.72. The molecule has 0 aliphatic heterocycles. The molecule has 0 aromatic heterocycles. The van der Waals surface area contributed by atoms with Crippen LogP contribution in [-0.2, 0) is 27.2 Å². The Morgan fingerprint density at radius 3 is 1.92 bits per heavy atom. The van der Waals surface area contributed by atoms with Gasteiger partial charge in [-0.3, -0.25) is 9.13 Å². The maximum absolute atomic E-state index is 13.0. The molecule has 0 amide bonds. The van der Waals surface area contributed by atoms with E-state index in [0.717, 1.165) is 25.7 Å². The summed E-state index contributed by atoms with van der Waals surface area (Å²) in [6, 6.07) is 0. The first-order valence-electron chi connectivity index (χ1n) is 9.06. The van der Waals surface area contributed by atoms with E-state index in [1.54, 1.807) is 6.92 Å². The molecule has 0 saturated heterocycles. The first-order chi connectivity index (χ1) is 11.4. The minimum atomic E-state index is -3.20. The molecule has 0 saturated carbocycles. The zero-order chi connectivity index (χ0) is 18.5. The SMILES string of the molecule is CCCCCOP(=O)(CC(CC)CP(=O)(OC)OCC)OCCC. The summed E-state index contributed by atoms with van der Waals surface area (Å²) < 4.78 is 47.1. The van der Waals surface area contributed by atoms with Crippen LogP contribution in [0.2, 0.25) is 0 Å². The van der Waals surface area contributed by atoms with Crippen molar-refractivity contribution >= 4 is 15.2 Å². The lowest BCUT2D eigenvalue weighted by Crippen LogP contribution is -2.16. The van der Waals surface area contributed by atoms with Gasteiger partial charge in [0.05, 0.1) is 32.1 Å². The topological polar surface area (TPSA) is 71.1 Å². The number of hydrogen-bond donors (Lipinski definition) is 0. The van der Waals surface area contributed by atoms with Crippen LogP contribution >= 0.6 is 15.2 Å². The summed E-state index contributed by atoms with van der Waals surface area (Å²) in [4.78, 5) is 0. The third-order valence-corrected chi connectivity index (χ3v) is 7.96. The van der Waals surface area contributed by atoms with Gasteiger partial charge in [-0.2, -0.15) is 0 Å². The molecule has 0 aliphatic rings. The minimum absolute atomic E-state index is 0.101. The molecule has 0 radical (unpaired) electrons. The molecular weight excluding hydrogens is 350 g/mol. The lowest BCUT2D eigenvalue weighted by molar-refractivity contribution is 0.197. The Balaban J connectivity index is 4.86. The van der Waals surface area contributed by atoms with E-state index in [4.69, 9.17) is 18.1 Å². The Morgan fingerprint density at radius 1 is 0.792 bits per heavy atom. The Bertz CT molecular complexity index is 402. The molecule has 0 bridgehead atoms. The standard InChI is InChI=1S/C16H36O6P2/c1-6-10-11-13-22-24(18,21-12-7-2)15-16(8-3)14-23(17,19-5)20-9-4/h16H,6-15H2,1-5H3. The molecule has 0 heterocycles. The minimum Gasteiger partial charge on any atom is -0.312 e. The smallest absolute Gasteiger partial charge is 0.312 e. The molecule has 0 N–H and O–H groups in total. The zero-order valence-electron chi connectivity index (χ0n) is 16.0. The molecule has 146 valence electrons. The van der Waals surface area contributed by atoms with Crippen LogP contribution in [0.5, 0.6) is 0 Å². The first kappa shape index (κ1) is 24.3. The van der Waals surface area contributed by atoms with Crippen molar-refractivity contribution in [1.82, 2.24) is 0 Å². The first-order valence-corrected chi connectivity index (χ1v) is 12.5. The lowest BCUT2D eigenvalue weighted by atomic mass is 10.2. The second kappa shape index (κ2) is 13.5. The molecule has 0 spiro atoms. The Hall–Kier alpha value is 0.300. The van der Waals surface area contributed by atoms with Crippen LogP contribution in [0.25, 0.3) is 0 Å². The summed E-state index contributed by atoms with van der Waals surface area (Å²) in [5, 5.41) is 0. The number of unbranched alkanes of at least 4 members (excludes halogenated alkanes) is 2. The Morgan fingerprint density at radius 2 is 1.42 bits per heavy atom. The third-order valence-electron chi connectivity index (χ3n) is 3.67. The van der Waals surface area contributed by atoms with Crippen molar-refractivity contribution in [3.8, 4) is 0 Å². The summed E-state index contributed by atoms with van der Waals surface area (Å²) in [5.41, 5.74) is 0. The monoisotopic (exact) mass is 386 g/mol. The third kappa shape index (κ3) is 10.3. The van der Waals surface area contributed by atoms with Crippen molar-refractivity contribution in [3.05, 3.63) is 0 Å². The molecular formula is C16H36O6P2. The van der Waals surface area contributed by atoms with Gasteiger partial charge < -0.3 is 18.1 Å². The van der Waals surface area contributed by atoms with Crippen LogP contribution in [0.15, 0.2) is 0 Å². The fourth-order valence-electron chi connectivity index (χ4n) is 2.25. The van der Waals surface area contributed by atoms with Crippen LogP contribution in [0.3, 0.4) is 0 Å². The summed E-state index contributed by atoms with van der Waals surface area (Å²) >= 11 is 0. The molecule has 0 rings (SSSR count). The van der Waals surface area contributed by atoms with E-state index in [-0.39, 0.29) is 18.2 Å². The van der Waals surface area contributed by atoms with Gasteiger partial charge >= 0.3 is 15.2 Å². The van der Waals surface area contributed by atoms with Gasteiger partial charge in [-0.1, -0.05) is 40.0 Å². The fourth-order valence-corrected chi connectivity index (χ4v) is 6.40. The van der Waals surface area contributed by atoms with Crippen LogP contribution < -0.4 is 0 Å². The summed E-state index contributed by atoms with van der Waals surface area (Å²) in [6.45, 7) is 8.96. The number of hydrogen-bond acceptors (Lipinski definition) is 6. The molecule has 3 atom stereocenters. The molecule has 3 unspecified atom stereocenters. The Kier molecular flexibility index (Phi) is 13.7.